The molecular formula is C87H61F10N17O2S7. The summed E-state index contributed by atoms with van der Waals surface area (Å²) in [6.07, 6.45) is -6.93. The Morgan fingerprint density at radius 1 is 0.415 bits per heavy atom. The predicted octanol–water partition coefficient (Wildman–Crippen LogP) is 26.4. The molecule has 12 N–H and O–H groups in total. The van der Waals surface area contributed by atoms with Crippen LogP contribution in [0.25, 0.3) is 141 Å². The molecule has 0 bridgehead atoms. The molecule has 3 aromatic carbocycles. The third kappa shape index (κ3) is 18.7. The second kappa shape index (κ2) is 36.0. The molecule has 18 rings (SSSR count). The Hall–Kier alpha value is -13.6. The summed E-state index contributed by atoms with van der Waals surface area (Å²) >= 11 is 8.42. The Labute approximate surface area is 721 Å². The number of hydrogen-bond donors (Lipinski definition) is 6. The maximum absolute atomic E-state index is 14.0. The first-order chi connectivity index (χ1) is 58.6. The Morgan fingerprint density at radius 2 is 0.878 bits per heavy atom. The minimum Gasteiger partial charge on any atom is -0.497 e. The van der Waals surface area contributed by atoms with Crippen molar-refractivity contribution in [3.8, 4) is 71.0 Å². The average molecular weight is 1790 g/mol. The molecule has 18 aromatic rings. The number of ether oxygens (including phenoxy) is 1. The highest BCUT2D eigenvalue weighted by atomic mass is 32.1. The molecule has 0 atom stereocenters. The van der Waals surface area contributed by atoms with E-state index < -0.39 is 41.0 Å². The summed E-state index contributed by atoms with van der Waals surface area (Å²) in [4.78, 5) is 61.1. The van der Waals surface area contributed by atoms with Gasteiger partial charge in [0.25, 0.3) is 15.0 Å². The number of nitrogen functional groups attached to an aromatic ring is 6. The van der Waals surface area contributed by atoms with Crippen LogP contribution < -0.4 is 39.1 Å². The Balaban J connectivity index is 0.000000127. The lowest BCUT2D eigenvalue weighted by molar-refractivity contribution is -0.137. The predicted molar refractivity (Wildman–Crippen MR) is 480 cm³/mol. The van der Waals surface area contributed by atoms with Crippen LogP contribution in [0.15, 0.2) is 188 Å². The third-order valence-corrected chi connectivity index (χ3v) is 25.8. The van der Waals surface area contributed by atoms with Gasteiger partial charge in [0.15, 0.2) is 5.78 Å². The molecule has 0 aliphatic rings. The van der Waals surface area contributed by atoms with Gasteiger partial charge in [0.2, 0.25) is 0 Å². The SMILES string of the molecule is COc1cccc(-c2cc(C(F)(F)F)c3c(N)c(C(C)=O)sc3n2)c1.Cc1cc(C(F)(F)F)c2c(N)c(-c3ccncc3)sc2n1.Cc1cc(C)c2c(N)c(-c3ccncc3)sc2n1.[C-]#[N+]c1sc2nc(-c3ccc(C)cc3F)ccc2c1N.[C-]#[N+]c1sc2nc(-c3ccccc3)ccc2c1N.[C-]#[N+]c1sc2nc(-c3cccs3)cc(C(F)(F)F)c2c1N. The standard InChI is InChI=1S/C17H13F3N2O2S.C15H10FN3S.C14H10F3N3S.C14H13N3S.C14H9N3S.C13H6F3N3S2/c1-8(23)15-14(21)13-11(17(18,19)20)7-12(22-16(13)25-15)9-4-3-5-10(6-9)24-2;1-8-3-4-9(11(16)7-8)12-6-5-10-13(17)15(18-2)20-14(10)19-12;1-7-6-9(14(15,16)17)10-11(18)12(21-13(10)20-7)8-2-4-19-5-3-8;1-8-7-9(2)17-14-11(8)12(15)13(18-14)10-3-5-16-6-4-10;1-16-14-12(15)10-7-8-11(17-13(10)18-14)9-5-3-2-4-6-9;1-18-12-10(17)9-6(13(14,15)16)5-7(19-11(9)21-12)8-3-2-4-20-8/h3-7H,21H2,1-2H3;3-7H,17H2,1H3;2-6H,18H2,1H3;3-7H,15H2,1-2H3;2-8H,15H2;2-5H,17H2. The van der Waals surface area contributed by atoms with Crippen molar-refractivity contribution in [3.05, 3.63) is 272 Å². The Kier molecular flexibility index (Phi) is 25.5. The first-order valence-electron chi connectivity index (χ1n) is 35.9. The first kappa shape index (κ1) is 87.2. The number of thiophene rings is 7. The van der Waals surface area contributed by atoms with Crippen molar-refractivity contribution in [2.45, 2.75) is 53.1 Å². The van der Waals surface area contributed by atoms with E-state index in [2.05, 4.69) is 67.4 Å². The molecule has 19 nitrogen and oxygen atoms in total. The average Bonchev–Trinajstić information content (AvgIpc) is 1.64. The molecule has 0 aliphatic carbocycles. The first-order valence-corrected chi connectivity index (χ1v) is 41.7. The van der Waals surface area contributed by atoms with Gasteiger partial charge in [-0.05, 0) is 158 Å². The maximum atomic E-state index is 14.0. The van der Waals surface area contributed by atoms with Crippen LogP contribution in [0.1, 0.15) is 55.8 Å². The van der Waals surface area contributed by atoms with Crippen LogP contribution in [-0.2, 0) is 18.5 Å². The Bertz CT molecular complexity index is 7190. The zero-order valence-electron chi connectivity index (χ0n) is 64.7. The summed E-state index contributed by atoms with van der Waals surface area (Å²) in [5.41, 5.74) is 43.6. The van der Waals surface area contributed by atoms with Crippen LogP contribution in [0, 0.1) is 53.2 Å². The zero-order valence-corrected chi connectivity index (χ0v) is 70.5. The molecule has 0 amide bonds. The number of hydrogen-bond acceptors (Lipinski definition) is 23. The van der Waals surface area contributed by atoms with Crippen LogP contribution >= 0.6 is 79.4 Å². The highest BCUT2D eigenvalue weighted by molar-refractivity contribution is 7.25. The van der Waals surface area contributed by atoms with Crippen molar-refractivity contribution in [1.82, 2.24) is 39.9 Å². The minimum absolute atomic E-state index is 0.0232. The fourth-order valence-corrected chi connectivity index (χ4v) is 19.5. The summed E-state index contributed by atoms with van der Waals surface area (Å²) in [5, 5.41) is 5.00. The molecule has 0 saturated carbocycles. The summed E-state index contributed by atoms with van der Waals surface area (Å²) in [6.45, 7) is 29.8. The van der Waals surface area contributed by atoms with Crippen LogP contribution in [0.3, 0.4) is 0 Å². The summed E-state index contributed by atoms with van der Waals surface area (Å²) in [6, 6.07) is 44.8. The van der Waals surface area contributed by atoms with Crippen molar-refractivity contribution in [2.24, 2.45) is 0 Å². The molecule has 0 unspecified atom stereocenters. The minimum atomic E-state index is -4.63. The number of Topliss-reactive ketones (excluding diaryl/α,β-unsaturated/α-hetero) is 1. The number of anilines is 6. The lowest BCUT2D eigenvalue weighted by Crippen LogP contribution is -2.08. The van der Waals surface area contributed by atoms with Crippen molar-refractivity contribution in [3.63, 3.8) is 0 Å². The van der Waals surface area contributed by atoms with E-state index in [9.17, 15) is 48.7 Å². The summed E-state index contributed by atoms with van der Waals surface area (Å²) in [5.74, 6) is -0.189. The number of aryl methyl sites for hydroxylation is 4. The smallest absolute Gasteiger partial charge is 0.417 e. The molecule has 0 aliphatic heterocycles. The quantitative estimate of drug-likeness (QED) is 0.0468. The number of benzene rings is 3. The monoisotopic (exact) mass is 1790 g/mol. The number of carbonyl (C=O) groups excluding carboxylic acids is 1. The van der Waals surface area contributed by atoms with Gasteiger partial charge in [-0.1, -0.05) is 54.6 Å². The van der Waals surface area contributed by atoms with Gasteiger partial charge >= 0.3 is 18.5 Å². The van der Waals surface area contributed by atoms with E-state index in [1.165, 1.54) is 66.6 Å². The molecular weight excluding hydrogens is 1730 g/mol. The number of aromatic nitrogens is 8. The summed E-state index contributed by atoms with van der Waals surface area (Å²) in [7, 11) is 1.47. The van der Waals surface area contributed by atoms with E-state index >= 15 is 0 Å². The third-order valence-electron chi connectivity index (χ3n) is 18.4. The highest BCUT2D eigenvalue weighted by Crippen LogP contribution is 2.51. The number of alkyl halides is 9. The van der Waals surface area contributed by atoms with Crippen LogP contribution in [0.5, 0.6) is 5.75 Å². The number of rotatable bonds is 8. The fourth-order valence-electron chi connectivity index (χ4n) is 12.8. The number of fused-ring (bicyclic) bond motifs is 6. The van der Waals surface area contributed by atoms with Crippen LogP contribution in [0.4, 0.5) is 93.0 Å². The molecule has 0 radical (unpaired) electrons. The molecule has 15 aromatic heterocycles. The lowest BCUT2D eigenvalue weighted by Gasteiger charge is -2.11. The van der Waals surface area contributed by atoms with Crippen molar-refractivity contribution >= 4 is 196 Å². The number of nitrogens with zero attached hydrogens (tertiary/aromatic N) is 11. The molecule has 0 fully saturated rings. The molecule has 618 valence electrons. The van der Waals surface area contributed by atoms with Gasteiger partial charge in [0, 0.05) is 92.1 Å². The van der Waals surface area contributed by atoms with Gasteiger partial charge in [0.1, 0.15) is 40.5 Å². The Morgan fingerprint density at radius 3 is 1.41 bits per heavy atom. The number of nitrogens with two attached hydrogens (primary N) is 6. The van der Waals surface area contributed by atoms with E-state index in [1.54, 1.807) is 108 Å². The fraction of sp³-hybridized carbons (Fsp3) is 0.103. The number of ketones is 1. The van der Waals surface area contributed by atoms with Gasteiger partial charge in [-0.25, -0.2) is 48.8 Å². The lowest BCUT2D eigenvalue weighted by atomic mass is 10.0. The molecule has 36 heteroatoms. The number of carbonyl (C=O) groups is 1. The van der Waals surface area contributed by atoms with E-state index in [4.69, 9.17) is 58.9 Å². The van der Waals surface area contributed by atoms with Gasteiger partial charge in [-0.2, -0.15) is 39.5 Å². The molecule has 123 heavy (non-hydrogen) atoms. The van der Waals surface area contributed by atoms with Gasteiger partial charge in [-0.3, -0.25) is 14.8 Å². The second-order valence-electron chi connectivity index (χ2n) is 26.7. The normalized spacial score (nSPS) is 11.3. The van der Waals surface area contributed by atoms with Gasteiger partial charge in [-0.15, -0.1) is 79.4 Å². The number of pyridine rings is 8. The van der Waals surface area contributed by atoms with E-state index in [1.807, 2.05) is 74.5 Å². The van der Waals surface area contributed by atoms with Gasteiger partial charge < -0.3 is 39.1 Å². The van der Waals surface area contributed by atoms with Crippen molar-refractivity contribution in [2.75, 3.05) is 41.5 Å². The molecule has 0 saturated heterocycles. The maximum Gasteiger partial charge on any atom is 0.417 e. The van der Waals surface area contributed by atoms with E-state index in [0.717, 1.165) is 122 Å². The van der Waals surface area contributed by atoms with Crippen molar-refractivity contribution < 1.29 is 53.4 Å². The van der Waals surface area contributed by atoms with Crippen molar-refractivity contribution in [1.29, 1.82) is 0 Å². The molecule has 0 spiro atoms. The molecule has 15 heterocycles. The largest absolute Gasteiger partial charge is 0.497 e. The van der Waals surface area contributed by atoms with Crippen LogP contribution in [-0.4, -0.2) is 52.8 Å². The number of halogens is 10. The van der Waals surface area contributed by atoms with Gasteiger partial charge in [0.05, 0.1) is 120 Å². The van der Waals surface area contributed by atoms with E-state index in [-0.39, 0.29) is 70.0 Å². The van der Waals surface area contributed by atoms with Crippen LogP contribution in [0.2, 0.25) is 0 Å². The number of methoxy groups -OCH3 is 1. The second-order valence-corrected chi connectivity index (χ2v) is 33.6. The summed E-state index contributed by atoms with van der Waals surface area (Å²) < 4.78 is 139. The topological polar surface area (TPSA) is 299 Å². The van der Waals surface area contributed by atoms with E-state index in [0.29, 0.717) is 69.1 Å². The highest BCUT2D eigenvalue weighted by Gasteiger charge is 2.39. The zero-order chi connectivity index (χ0) is 88.3.